The zero-order chi connectivity index (χ0) is 35.1. The molecular formula is C49H34N4. The van der Waals surface area contributed by atoms with Gasteiger partial charge in [0.25, 0.3) is 0 Å². The molecule has 0 saturated heterocycles. The van der Waals surface area contributed by atoms with Crippen LogP contribution in [-0.4, -0.2) is 16.2 Å². The molecule has 1 atom stereocenters. The smallest absolute Gasteiger partial charge is 0.160 e. The first-order chi connectivity index (χ1) is 26.3. The molecule has 0 radical (unpaired) electrons. The summed E-state index contributed by atoms with van der Waals surface area (Å²) in [5.41, 5.74) is 11.0. The quantitative estimate of drug-likeness (QED) is 0.187. The lowest BCUT2D eigenvalue weighted by molar-refractivity contribution is 0.674. The summed E-state index contributed by atoms with van der Waals surface area (Å²) in [4.78, 5) is 10.5. The van der Waals surface area contributed by atoms with Crippen LogP contribution in [0.1, 0.15) is 22.9 Å². The van der Waals surface area contributed by atoms with Crippen molar-refractivity contribution < 1.29 is 0 Å². The second-order valence-electron chi connectivity index (χ2n) is 13.4. The van der Waals surface area contributed by atoms with E-state index in [-0.39, 0.29) is 6.17 Å². The predicted molar refractivity (Wildman–Crippen MR) is 221 cm³/mol. The Morgan fingerprint density at radius 3 is 1.98 bits per heavy atom. The number of benzene rings is 8. The summed E-state index contributed by atoms with van der Waals surface area (Å²) < 4.78 is 2.40. The predicted octanol–water partition coefficient (Wildman–Crippen LogP) is 11.8. The molecule has 1 aliphatic heterocycles. The van der Waals surface area contributed by atoms with Crippen LogP contribution in [0.5, 0.6) is 0 Å². The standard InChI is InChI=1S/C49H34N4/c1-3-15-33(16-4-1)36-20-13-22-38(31-36)48-50-47(35-18-5-2-6-19-35)51-49(52-48)42-26-10-9-24-40(42)37-21-14-23-39(32-37)53-44-28-12-11-27-43(44)46-41-25-8-7-17-34(41)29-30-45(46)53/h1-32,47H,(H,50,51,52). The molecule has 0 aliphatic carbocycles. The zero-order valence-electron chi connectivity index (χ0n) is 28.9. The first-order valence-corrected chi connectivity index (χ1v) is 18.0. The molecule has 4 heteroatoms. The molecule has 1 unspecified atom stereocenters. The SMILES string of the molecule is c1ccc(-c2cccc(C3=NC(c4ccccc4-c4cccc(-n5c6ccccc6c6c7ccccc7ccc65)c4)=NC(c4ccccc4)N3)c2)cc1. The Morgan fingerprint density at radius 2 is 1.11 bits per heavy atom. The van der Waals surface area contributed by atoms with Gasteiger partial charge in [-0.15, -0.1) is 0 Å². The Hall–Kier alpha value is -7.04. The number of hydrogen-bond acceptors (Lipinski definition) is 3. The van der Waals surface area contributed by atoms with Crippen molar-refractivity contribution in [2.45, 2.75) is 6.17 Å². The van der Waals surface area contributed by atoms with Gasteiger partial charge in [-0.25, -0.2) is 9.98 Å². The number of para-hydroxylation sites is 1. The van der Waals surface area contributed by atoms with Crippen LogP contribution in [-0.2, 0) is 0 Å². The monoisotopic (exact) mass is 678 g/mol. The molecule has 1 aliphatic rings. The third-order valence-corrected chi connectivity index (χ3v) is 10.2. The fourth-order valence-electron chi connectivity index (χ4n) is 7.76. The molecule has 9 aromatic rings. The molecular weight excluding hydrogens is 645 g/mol. The molecule has 0 bridgehead atoms. The highest BCUT2D eigenvalue weighted by Gasteiger charge is 2.23. The minimum absolute atomic E-state index is 0.300. The van der Waals surface area contributed by atoms with E-state index in [1.54, 1.807) is 0 Å². The van der Waals surface area contributed by atoms with Gasteiger partial charge in [0.2, 0.25) is 0 Å². The van der Waals surface area contributed by atoms with Crippen molar-refractivity contribution in [3.63, 3.8) is 0 Å². The van der Waals surface area contributed by atoms with E-state index in [1.807, 2.05) is 12.1 Å². The molecule has 250 valence electrons. The van der Waals surface area contributed by atoms with Gasteiger partial charge in [0.1, 0.15) is 12.0 Å². The fourth-order valence-corrected chi connectivity index (χ4v) is 7.76. The Bertz CT molecular complexity index is 2870. The number of fused-ring (bicyclic) bond motifs is 5. The van der Waals surface area contributed by atoms with Crippen LogP contribution in [0.4, 0.5) is 0 Å². The van der Waals surface area contributed by atoms with Gasteiger partial charge in [-0.2, -0.15) is 0 Å². The lowest BCUT2D eigenvalue weighted by Crippen LogP contribution is -2.33. The third-order valence-electron chi connectivity index (χ3n) is 10.2. The van der Waals surface area contributed by atoms with E-state index in [0.29, 0.717) is 5.84 Å². The van der Waals surface area contributed by atoms with Crippen LogP contribution in [0.15, 0.2) is 204 Å². The highest BCUT2D eigenvalue weighted by Crippen LogP contribution is 2.38. The third kappa shape index (κ3) is 5.49. The maximum Gasteiger partial charge on any atom is 0.160 e. The van der Waals surface area contributed by atoms with Gasteiger partial charge in [-0.05, 0) is 68.9 Å². The second-order valence-corrected chi connectivity index (χ2v) is 13.4. The molecule has 4 nitrogen and oxygen atoms in total. The van der Waals surface area contributed by atoms with Gasteiger partial charge in [0.05, 0.1) is 11.0 Å². The van der Waals surface area contributed by atoms with E-state index in [1.165, 1.54) is 38.1 Å². The zero-order valence-corrected chi connectivity index (χ0v) is 28.9. The van der Waals surface area contributed by atoms with Crippen molar-refractivity contribution in [2.75, 3.05) is 0 Å². The number of nitrogens with zero attached hydrogens (tertiary/aromatic N) is 3. The summed E-state index contributed by atoms with van der Waals surface area (Å²) in [7, 11) is 0. The van der Waals surface area contributed by atoms with Gasteiger partial charge >= 0.3 is 0 Å². The average molecular weight is 679 g/mol. The second kappa shape index (κ2) is 12.9. The molecule has 2 heterocycles. The molecule has 53 heavy (non-hydrogen) atoms. The van der Waals surface area contributed by atoms with Crippen molar-refractivity contribution >= 4 is 44.2 Å². The molecule has 10 rings (SSSR count). The van der Waals surface area contributed by atoms with Gasteiger partial charge in [0.15, 0.2) is 5.84 Å². The van der Waals surface area contributed by atoms with E-state index in [0.717, 1.165) is 44.9 Å². The van der Waals surface area contributed by atoms with Crippen molar-refractivity contribution in [3.05, 3.63) is 211 Å². The summed E-state index contributed by atoms with van der Waals surface area (Å²) >= 11 is 0. The van der Waals surface area contributed by atoms with E-state index >= 15 is 0 Å². The number of aliphatic imine (C=N–C) groups is 2. The minimum Gasteiger partial charge on any atom is -0.344 e. The lowest BCUT2D eigenvalue weighted by Gasteiger charge is -2.24. The number of amidine groups is 2. The van der Waals surface area contributed by atoms with Crippen LogP contribution in [0.25, 0.3) is 60.5 Å². The van der Waals surface area contributed by atoms with Gasteiger partial charge in [0, 0.05) is 27.6 Å². The summed E-state index contributed by atoms with van der Waals surface area (Å²) in [5, 5.41) is 8.69. The van der Waals surface area contributed by atoms with E-state index in [9.17, 15) is 0 Å². The minimum atomic E-state index is -0.300. The molecule has 0 spiro atoms. The van der Waals surface area contributed by atoms with Crippen LogP contribution < -0.4 is 5.32 Å². The number of nitrogens with one attached hydrogen (secondary N) is 1. The Balaban J connectivity index is 1.12. The summed E-state index contributed by atoms with van der Waals surface area (Å²) in [6.07, 6.45) is -0.300. The Labute approximate surface area is 308 Å². The van der Waals surface area contributed by atoms with Crippen LogP contribution in [0.2, 0.25) is 0 Å². The first-order valence-electron chi connectivity index (χ1n) is 18.0. The maximum absolute atomic E-state index is 5.26. The molecule has 1 aromatic heterocycles. The van der Waals surface area contributed by atoms with E-state index in [4.69, 9.17) is 9.98 Å². The van der Waals surface area contributed by atoms with E-state index < -0.39 is 0 Å². The topological polar surface area (TPSA) is 41.7 Å². The van der Waals surface area contributed by atoms with Gasteiger partial charge in [-0.3, -0.25) is 0 Å². The highest BCUT2D eigenvalue weighted by atomic mass is 15.2. The summed E-state index contributed by atoms with van der Waals surface area (Å²) in [5.74, 6) is 1.49. The fraction of sp³-hybridized carbons (Fsp3) is 0.0204. The number of aromatic nitrogens is 1. The van der Waals surface area contributed by atoms with Crippen molar-refractivity contribution in [1.82, 2.24) is 9.88 Å². The van der Waals surface area contributed by atoms with Crippen LogP contribution in [0.3, 0.4) is 0 Å². The van der Waals surface area contributed by atoms with Crippen molar-refractivity contribution in [1.29, 1.82) is 0 Å². The largest absolute Gasteiger partial charge is 0.344 e. The van der Waals surface area contributed by atoms with Gasteiger partial charge < -0.3 is 9.88 Å². The maximum atomic E-state index is 5.26. The van der Waals surface area contributed by atoms with Gasteiger partial charge in [-0.1, -0.05) is 164 Å². The number of hydrogen-bond donors (Lipinski definition) is 1. The first kappa shape index (κ1) is 30.8. The molecule has 8 aromatic carbocycles. The Kier molecular flexibility index (Phi) is 7.51. The molecule has 1 N–H and O–H groups in total. The highest BCUT2D eigenvalue weighted by molar-refractivity contribution is 6.21. The molecule has 0 saturated carbocycles. The van der Waals surface area contributed by atoms with Crippen LogP contribution >= 0.6 is 0 Å². The summed E-state index contributed by atoms with van der Waals surface area (Å²) in [6.45, 7) is 0. The lowest BCUT2D eigenvalue weighted by atomic mass is 9.97. The summed E-state index contributed by atoms with van der Waals surface area (Å²) in [6, 6.07) is 68.7. The Morgan fingerprint density at radius 1 is 0.453 bits per heavy atom. The number of rotatable bonds is 6. The molecule has 0 amide bonds. The van der Waals surface area contributed by atoms with Crippen molar-refractivity contribution in [3.8, 4) is 27.9 Å². The average Bonchev–Trinajstić information content (AvgIpc) is 3.59. The molecule has 0 fully saturated rings. The normalized spacial score (nSPS) is 14.2. The van der Waals surface area contributed by atoms with Crippen molar-refractivity contribution in [2.24, 2.45) is 9.98 Å². The van der Waals surface area contributed by atoms with Crippen LogP contribution in [0, 0.1) is 0 Å². The van der Waals surface area contributed by atoms with E-state index in [2.05, 4.69) is 192 Å².